The third-order valence-electron chi connectivity index (χ3n) is 4.38. The predicted molar refractivity (Wildman–Crippen MR) is 104 cm³/mol. The molecule has 29 heavy (non-hydrogen) atoms. The Labute approximate surface area is 173 Å². The SMILES string of the molecule is CC(=O)N1CCC(C(=O)Nc2nonc2/C=N/ONc2ccc(F)c(Br)c2)CC1. The number of hydrogen-bond acceptors (Lipinski definition) is 8. The van der Waals surface area contributed by atoms with Gasteiger partial charge in [0.1, 0.15) is 12.0 Å². The maximum absolute atomic E-state index is 13.2. The Morgan fingerprint density at radius 3 is 2.83 bits per heavy atom. The first-order valence-electron chi connectivity index (χ1n) is 8.73. The van der Waals surface area contributed by atoms with E-state index in [1.54, 1.807) is 4.90 Å². The molecule has 0 aliphatic carbocycles. The highest BCUT2D eigenvalue weighted by Crippen LogP contribution is 2.21. The lowest BCUT2D eigenvalue weighted by Crippen LogP contribution is -2.40. The van der Waals surface area contributed by atoms with E-state index in [2.05, 4.69) is 46.8 Å². The fourth-order valence-electron chi connectivity index (χ4n) is 2.76. The molecule has 2 amide bonds. The van der Waals surface area contributed by atoms with Crippen molar-refractivity contribution in [3.05, 3.63) is 34.2 Å². The summed E-state index contributed by atoms with van der Waals surface area (Å²) in [5, 5.41) is 13.6. The van der Waals surface area contributed by atoms with Crippen molar-refractivity contribution < 1.29 is 23.5 Å². The smallest absolute Gasteiger partial charge is 0.228 e. The van der Waals surface area contributed by atoms with Crippen molar-refractivity contribution in [3.8, 4) is 0 Å². The van der Waals surface area contributed by atoms with Crippen LogP contribution in [0.1, 0.15) is 25.5 Å². The Kier molecular flexibility index (Phi) is 6.75. The van der Waals surface area contributed by atoms with Crippen molar-refractivity contribution in [3.63, 3.8) is 0 Å². The standard InChI is InChI=1S/C17H18BrFN6O4/c1-10(26)25-6-4-11(5-7-25)17(27)21-16-15(23-29-24-16)9-20-28-22-12-2-3-14(19)13(18)8-12/h2-3,8-9,11,22H,4-7H2,1H3,(H,21,24,27)/b20-9+. The molecule has 10 nitrogen and oxygen atoms in total. The maximum atomic E-state index is 13.2. The summed E-state index contributed by atoms with van der Waals surface area (Å²) < 4.78 is 18.1. The van der Waals surface area contributed by atoms with Gasteiger partial charge in [0.05, 0.1) is 10.2 Å². The lowest BCUT2D eigenvalue weighted by molar-refractivity contribution is -0.132. The quantitative estimate of drug-likeness (QED) is 0.493. The van der Waals surface area contributed by atoms with Crippen LogP contribution in [-0.2, 0) is 14.5 Å². The van der Waals surface area contributed by atoms with Crippen LogP contribution in [0.25, 0.3) is 0 Å². The van der Waals surface area contributed by atoms with Crippen molar-refractivity contribution in [2.24, 2.45) is 11.1 Å². The van der Waals surface area contributed by atoms with E-state index >= 15 is 0 Å². The zero-order valence-corrected chi connectivity index (χ0v) is 17.0. The fraction of sp³-hybridized carbons (Fsp3) is 0.353. The molecule has 154 valence electrons. The minimum absolute atomic E-state index is 0.00432. The van der Waals surface area contributed by atoms with Crippen molar-refractivity contribution in [2.45, 2.75) is 19.8 Å². The number of anilines is 2. The first kappa shape index (κ1) is 20.7. The molecule has 2 heterocycles. The number of likely N-dealkylation sites (tertiary alicyclic amines) is 1. The summed E-state index contributed by atoms with van der Waals surface area (Å²) in [7, 11) is 0. The summed E-state index contributed by atoms with van der Waals surface area (Å²) in [4.78, 5) is 30.4. The number of rotatable bonds is 6. The molecule has 0 atom stereocenters. The number of carbonyl (C=O) groups is 2. The number of piperidine rings is 1. The van der Waals surface area contributed by atoms with Gasteiger partial charge in [-0.1, -0.05) is 5.16 Å². The average Bonchev–Trinajstić information content (AvgIpc) is 3.14. The van der Waals surface area contributed by atoms with E-state index in [4.69, 9.17) is 4.94 Å². The Balaban J connectivity index is 1.51. The Morgan fingerprint density at radius 1 is 1.38 bits per heavy atom. The van der Waals surface area contributed by atoms with Crippen LogP contribution in [0.15, 0.2) is 32.5 Å². The zero-order chi connectivity index (χ0) is 20.8. The van der Waals surface area contributed by atoms with E-state index in [0.717, 1.165) is 0 Å². The summed E-state index contributed by atoms with van der Waals surface area (Å²) in [6, 6.07) is 4.21. The molecular formula is C17H18BrFN6O4. The molecule has 1 aromatic heterocycles. The van der Waals surface area contributed by atoms with Gasteiger partial charge in [-0.15, -0.1) is 0 Å². The zero-order valence-electron chi connectivity index (χ0n) is 15.4. The molecule has 1 aliphatic heterocycles. The van der Waals surface area contributed by atoms with Gasteiger partial charge in [0, 0.05) is 25.9 Å². The van der Waals surface area contributed by atoms with Gasteiger partial charge in [-0.05, 0) is 57.3 Å². The van der Waals surface area contributed by atoms with Gasteiger partial charge >= 0.3 is 0 Å². The lowest BCUT2D eigenvalue weighted by atomic mass is 9.96. The van der Waals surface area contributed by atoms with Crippen molar-refractivity contribution >= 4 is 45.5 Å². The largest absolute Gasteiger partial charge is 0.343 e. The molecule has 3 rings (SSSR count). The topological polar surface area (TPSA) is 122 Å². The minimum Gasteiger partial charge on any atom is -0.343 e. The molecular weight excluding hydrogens is 451 g/mol. The Hall–Kier alpha value is -3.02. The second-order valence-corrected chi connectivity index (χ2v) is 7.18. The summed E-state index contributed by atoms with van der Waals surface area (Å²) >= 11 is 3.06. The Morgan fingerprint density at radius 2 is 2.14 bits per heavy atom. The van der Waals surface area contributed by atoms with Crippen LogP contribution in [0.5, 0.6) is 0 Å². The molecule has 1 aromatic carbocycles. The second-order valence-electron chi connectivity index (χ2n) is 6.32. The monoisotopic (exact) mass is 468 g/mol. The third-order valence-corrected chi connectivity index (χ3v) is 4.99. The minimum atomic E-state index is -0.403. The summed E-state index contributed by atoms with van der Waals surface area (Å²) in [5.74, 6) is -0.749. The molecule has 0 radical (unpaired) electrons. The third kappa shape index (κ3) is 5.50. The van der Waals surface area contributed by atoms with Crippen LogP contribution in [-0.4, -0.2) is 46.3 Å². The number of oxime groups is 1. The highest BCUT2D eigenvalue weighted by molar-refractivity contribution is 9.10. The van der Waals surface area contributed by atoms with Crippen LogP contribution in [0.2, 0.25) is 0 Å². The molecule has 12 heteroatoms. The summed E-state index contributed by atoms with van der Waals surface area (Å²) in [6.07, 6.45) is 2.34. The molecule has 2 N–H and O–H groups in total. The average molecular weight is 469 g/mol. The maximum Gasteiger partial charge on any atom is 0.228 e. The van der Waals surface area contributed by atoms with Gasteiger partial charge in [-0.25, -0.2) is 9.02 Å². The van der Waals surface area contributed by atoms with Gasteiger partial charge in [0.15, 0.2) is 5.69 Å². The van der Waals surface area contributed by atoms with Crippen molar-refractivity contribution in [2.75, 3.05) is 23.9 Å². The van der Waals surface area contributed by atoms with E-state index in [1.165, 1.54) is 31.3 Å². The molecule has 0 bridgehead atoms. The highest BCUT2D eigenvalue weighted by Gasteiger charge is 2.27. The van der Waals surface area contributed by atoms with Crippen LogP contribution < -0.4 is 10.8 Å². The second kappa shape index (κ2) is 9.45. The number of halogens is 2. The molecule has 2 aromatic rings. The van der Waals surface area contributed by atoms with Gasteiger partial charge in [0.2, 0.25) is 17.6 Å². The molecule has 0 unspecified atom stereocenters. The number of aromatic nitrogens is 2. The van der Waals surface area contributed by atoms with Crippen LogP contribution in [0.3, 0.4) is 0 Å². The van der Waals surface area contributed by atoms with Gasteiger partial charge in [0.25, 0.3) is 0 Å². The number of carbonyl (C=O) groups excluding carboxylic acids is 2. The normalized spacial score (nSPS) is 14.8. The number of nitrogens with zero attached hydrogens (tertiary/aromatic N) is 4. The number of nitrogens with one attached hydrogen (secondary N) is 2. The number of benzene rings is 1. The van der Waals surface area contributed by atoms with E-state index in [9.17, 15) is 14.0 Å². The molecule has 0 saturated carbocycles. The highest BCUT2D eigenvalue weighted by atomic mass is 79.9. The first-order chi connectivity index (χ1) is 13.9. The van der Waals surface area contributed by atoms with Crippen LogP contribution >= 0.6 is 15.9 Å². The van der Waals surface area contributed by atoms with Gasteiger partial charge in [-0.2, -0.15) is 5.48 Å². The molecule has 1 saturated heterocycles. The van der Waals surface area contributed by atoms with E-state index in [0.29, 0.717) is 31.6 Å². The summed E-state index contributed by atoms with van der Waals surface area (Å²) in [6.45, 7) is 2.59. The number of amides is 2. The Bertz CT molecular complexity index is 913. The molecule has 1 fully saturated rings. The van der Waals surface area contributed by atoms with E-state index in [-0.39, 0.29) is 33.7 Å². The summed E-state index contributed by atoms with van der Waals surface area (Å²) in [5.41, 5.74) is 3.15. The lowest BCUT2D eigenvalue weighted by Gasteiger charge is -2.30. The molecule has 1 aliphatic rings. The van der Waals surface area contributed by atoms with Gasteiger partial charge in [-0.3, -0.25) is 14.5 Å². The van der Waals surface area contributed by atoms with Gasteiger partial charge < -0.3 is 10.2 Å². The predicted octanol–water partition coefficient (Wildman–Crippen LogP) is 2.55. The van der Waals surface area contributed by atoms with E-state index in [1.807, 2.05) is 0 Å². The first-order valence-corrected chi connectivity index (χ1v) is 9.52. The van der Waals surface area contributed by atoms with Crippen molar-refractivity contribution in [1.29, 1.82) is 0 Å². The molecule has 0 spiro atoms. The van der Waals surface area contributed by atoms with Crippen LogP contribution in [0, 0.1) is 11.7 Å². The van der Waals surface area contributed by atoms with Crippen molar-refractivity contribution in [1.82, 2.24) is 15.2 Å². The van der Waals surface area contributed by atoms with E-state index < -0.39 is 5.82 Å². The van der Waals surface area contributed by atoms with Crippen LogP contribution in [0.4, 0.5) is 15.9 Å². The number of hydrogen-bond donors (Lipinski definition) is 2. The fourth-order valence-corrected chi connectivity index (χ4v) is 3.14.